The van der Waals surface area contributed by atoms with Gasteiger partial charge in [0.15, 0.2) is 0 Å². The van der Waals surface area contributed by atoms with Crippen molar-refractivity contribution in [2.45, 2.75) is 16.7 Å². The van der Waals surface area contributed by atoms with Crippen molar-refractivity contribution in [3.05, 3.63) is 93.5 Å². The second-order valence-electron chi connectivity index (χ2n) is 7.29. The quantitative estimate of drug-likeness (QED) is 0.436. The van der Waals surface area contributed by atoms with E-state index in [4.69, 9.17) is 4.74 Å². The SMILES string of the molecule is Cc1ccc(S(=O)(=O)c2cc([N+](=O)[O-])ccc2C(=O)Nc2ccccc2C2=NCCO2)cc1. The fraction of sp³-hybridized carbons (Fsp3) is 0.130. The highest BCUT2D eigenvalue weighted by molar-refractivity contribution is 7.91. The predicted octanol–water partition coefficient (Wildman–Crippen LogP) is 3.77. The number of hydrogen-bond acceptors (Lipinski definition) is 7. The molecular weight excluding hydrogens is 446 g/mol. The van der Waals surface area contributed by atoms with Crippen LogP contribution in [0.15, 0.2) is 81.5 Å². The van der Waals surface area contributed by atoms with Crippen LogP contribution in [0.5, 0.6) is 0 Å². The minimum atomic E-state index is -4.22. The molecule has 0 aliphatic carbocycles. The molecule has 1 aliphatic rings. The van der Waals surface area contributed by atoms with E-state index in [2.05, 4.69) is 10.3 Å². The number of aliphatic imine (C=N–C) groups is 1. The second kappa shape index (κ2) is 8.83. The number of amides is 1. The van der Waals surface area contributed by atoms with Crippen LogP contribution < -0.4 is 5.32 Å². The first kappa shape index (κ1) is 22.2. The maximum absolute atomic E-state index is 13.3. The Morgan fingerprint density at radius 3 is 2.48 bits per heavy atom. The molecule has 3 aromatic carbocycles. The van der Waals surface area contributed by atoms with E-state index in [9.17, 15) is 23.3 Å². The zero-order chi connectivity index (χ0) is 23.6. The molecule has 0 bridgehead atoms. The zero-order valence-electron chi connectivity index (χ0n) is 17.5. The summed E-state index contributed by atoms with van der Waals surface area (Å²) in [5.74, 6) is -0.358. The summed E-state index contributed by atoms with van der Waals surface area (Å²) in [5, 5.41) is 14.0. The third-order valence-electron chi connectivity index (χ3n) is 5.03. The molecule has 1 amide bonds. The zero-order valence-corrected chi connectivity index (χ0v) is 18.3. The van der Waals surface area contributed by atoms with Gasteiger partial charge in [0.1, 0.15) is 6.61 Å². The standard InChI is InChI=1S/C23H19N3O6S/c1-15-6-9-17(10-7-15)33(30,31)21-14-16(26(28)29)8-11-19(21)22(27)25-20-5-3-2-4-18(20)23-24-12-13-32-23/h2-11,14H,12-13H2,1H3,(H,25,27). The molecule has 1 heterocycles. The fourth-order valence-electron chi connectivity index (χ4n) is 3.35. The highest BCUT2D eigenvalue weighted by Crippen LogP contribution is 2.29. The number of carbonyl (C=O) groups is 1. The number of sulfone groups is 1. The van der Waals surface area contributed by atoms with Crippen LogP contribution in [-0.4, -0.2) is 38.3 Å². The Balaban J connectivity index is 1.78. The summed E-state index contributed by atoms with van der Waals surface area (Å²) < 4.78 is 32.1. The summed E-state index contributed by atoms with van der Waals surface area (Å²) in [7, 11) is -4.22. The molecule has 0 radical (unpaired) electrons. The molecule has 9 nitrogen and oxygen atoms in total. The first-order valence-corrected chi connectivity index (χ1v) is 11.4. The summed E-state index contributed by atoms with van der Waals surface area (Å²) >= 11 is 0. The minimum Gasteiger partial charge on any atom is -0.475 e. The number of nitro groups is 1. The van der Waals surface area contributed by atoms with Crippen LogP contribution in [0.3, 0.4) is 0 Å². The second-order valence-corrected chi connectivity index (χ2v) is 9.21. The van der Waals surface area contributed by atoms with Crippen molar-refractivity contribution in [1.29, 1.82) is 0 Å². The lowest BCUT2D eigenvalue weighted by molar-refractivity contribution is -0.385. The molecule has 0 aromatic heterocycles. The normalized spacial score (nSPS) is 13.2. The molecule has 0 saturated heterocycles. The third-order valence-corrected chi connectivity index (χ3v) is 6.84. The van der Waals surface area contributed by atoms with Gasteiger partial charge in [-0.2, -0.15) is 0 Å². The van der Waals surface area contributed by atoms with Crippen LogP contribution in [0, 0.1) is 17.0 Å². The molecule has 0 atom stereocenters. The van der Waals surface area contributed by atoms with E-state index in [1.165, 1.54) is 12.1 Å². The van der Waals surface area contributed by atoms with Gasteiger partial charge >= 0.3 is 0 Å². The number of anilines is 1. The molecule has 1 N–H and O–H groups in total. The lowest BCUT2D eigenvalue weighted by Crippen LogP contribution is -2.19. The topological polar surface area (TPSA) is 128 Å². The summed E-state index contributed by atoms with van der Waals surface area (Å²) in [4.78, 5) is 27.5. The van der Waals surface area contributed by atoms with E-state index in [-0.39, 0.29) is 10.5 Å². The van der Waals surface area contributed by atoms with Crippen LogP contribution in [0.1, 0.15) is 21.5 Å². The Labute approximate surface area is 189 Å². The number of para-hydroxylation sites is 1. The van der Waals surface area contributed by atoms with Crippen molar-refractivity contribution in [1.82, 2.24) is 0 Å². The summed E-state index contributed by atoms with van der Waals surface area (Å²) in [5.41, 5.74) is 1.12. The Morgan fingerprint density at radius 1 is 1.09 bits per heavy atom. The Morgan fingerprint density at radius 2 is 1.82 bits per heavy atom. The number of nitrogens with one attached hydrogen (secondary N) is 1. The van der Waals surface area contributed by atoms with E-state index >= 15 is 0 Å². The number of hydrogen-bond donors (Lipinski definition) is 1. The van der Waals surface area contributed by atoms with Gasteiger partial charge in [0, 0.05) is 12.1 Å². The largest absolute Gasteiger partial charge is 0.475 e. The molecule has 0 fully saturated rings. The molecule has 0 unspecified atom stereocenters. The summed E-state index contributed by atoms with van der Waals surface area (Å²) in [6.07, 6.45) is 0. The number of carbonyl (C=O) groups excluding carboxylic acids is 1. The number of aryl methyl sites for hydroxylation is 1. The van der Waals surface area contributed by atoms with Crippen molar-refractivity contribution < 1.29 is 22.9 Å². The number of ether oxygens (including phenoxy) is 1. The monoisotopic (exact) mass is 465 g/mol. The first-order chi connectivity index (χ1) is 15.8. The van der Waals surface area contributed by atoms with E-state index in [0.717, 1.165) is 23.8 Å². The van der Waals surface area contributed by atoms with E-state index in [1.54, 1.807) is 43.3 Å². The number of benzene rings is 3. The van der Waals surface area contributed by atoms with Crippen LogP contribution in [0.2, 0.25) is 0 Å². The lowest BCUT2D eigenvalue weighted by atomic mass is 10.1. The van der Waals surface area contributed by atoms with Gasteiger partial charge < -0.3 is 10.1 Å². The maximum atomic E-state index is 13.3. The van der Waals surface area contributed by atoms with Gasteiger partial charge in [-0.25, -0.2) is 13.4 Å². The van der Waals surface area contributed by atoms with E-state index < -0.39 is 31.3 Å². The highest BCUT2D eigenvalue weighted by atomic mass is 32.2. The summed E-state index contributed by atoms with van der Waals surface area (Å²) in [6.45, 7) is 2.73. The van der Waals surface area contributed by atoms with Gasteiger partial charge in [0.25, 0.3) is 11.6 Å². The first-order valence-electron chi connectivity index (χ1n) is 9.95. The minimum absolute atomic E-state index is 0.0724. The summed E-state index contributed by atoms with van der Waals surface area (Å²) in [6, 6.07) is 16.0. The lowest BCUT2D eigenvalue weighted by Gasteiger charge is -2.14. The average molecular weight is 465 g/mol. The number of nitrogens with zero attached hydrogens (tertiary/aromatic N) is 2. The molecule has 4 rings (SSSR count). The van der Waals surface area contributed by atoms with Gasteiger partial charge in [-0.05, 0) is 37.3 Å². The maximum Gasteiger partial charge on any atom is 0.270 e. The smallest absolute Gasteiger partial charge is 0.270 e. The average Bonchev–Trinajstić information content (AvgIpc) is 3.34. The molecule has 0 saturated carbocycles. The molecule has 168 valence electrons. The van der Waals surface area contributed by atoms with Crippen LogP contribution in [-0.2, 0) is 14.6 Å². The molecule has 10 heteroatoms. The molecule has 3 aromatic rings. The molecule has 0 spiro atoms. The van der Waals surface area contributed by atoms with Crippen molar-refractivity contribution >= 4 is 33.0 Å². The molecule has 33 heavy (non-hydrogen) atoms. The van der Waals surface area contributed by atoms with E-state index in [1.807, 2.05) is 0 Å². The van der Waals surface area contributed by atoms with Gasteiger partial charge in [-0.15, -0.1) is 0 Å². The van der Waals surface area contributed by atoms with Crippen LogP contribution in [0.25, 0.3) is 0 Å². The Kier molecular flexibility index (Phi) is 5.93. The third kappa shape index (κ3) is 4.46. The number of non-ortho nitro benzene ring substituents is 1. The van der Waals surface area contributed by atoms with Gasteiger partial charge in [0.2, 0.25) is 15.7 Å². The van der Waals surface area contributed by atoms with Gasteiger partial charge in [0.05, 0.1) is 38.1 Å². The van der Waals surface area contributed by atoms with Crippen molar-refractivity contribution in [3.63, 3.8) is 0 Å². The molecular formula is C23H19N3O6S. The Bertz CT molecular complexity index is 1380. The van der Waals surface area contributed by atoms with Crippen molar-refractivity contribution in [2.24, 2.45) is 4.99 Å². The highest BCUT2D eigenvalue weighted by Gasteiger charge is 2.28. The predicted molar refractivity (Wildman–Crippen MR) is 121 cm³/mol. The number of nitro benzene ring substituents is 1. The van der Waals surface area contributed by atoms with Gasteiger partial charge in [-0.1, -0.05) is 29.8 Å². The van der Waals surface area contributed by atoms with Crippen molar-refractivity contribution in [2.75, 3.05) is 18.5 Å². The van der Waals surface area contributed by atoms with Gasteiger partial charge in [-0.3, -0.25) is 14.9 Å². The Hall–Kier alpha value is -4.05. The van der Waals surface area contributed by atoms with Crippen molar-refractivity contribution in [3.8, 4) is 0 Å². The van der Waals surface area contributed by atoms with Crippen LogP contribution in [0.4, 0.5) is 11.4 Å². The number of rotatable bonds is 6. The van der Waals surface area contributed by atoms with Crippen LogP contribution >= 0.6 is 0 Å². The fourth-order valence-corrected chi connectivity index (χ4v) is 4.82. The molecule has 1 aliphatic heterocycles. The van der Waals surface area contributed by atoms with E-state index in [0.29, 0.717) is 30.3 Å².